The average molecular weight is 189 g/mol. The Labute approximate surface area is 77.5 Å². The molecule has 13 heavy (non-hydrogen) atoms. The second kappa shape index (κ2) is 7.70. The topological polar surface area (TPSA) is 68.6 Å². The number of ether oxygens (including phenoxy) is 3. The molecule has 0 saturated carbocycles. The van der Waals surface area contributed by atoms with Gasteiger partial charge in [0.1, 0.15) is 12.3 Å². The van der Waals surface area contributed by atoms with E-state index in [4.69, 9.17) is 14.9 Å². The zero-order valence-corrected chi connectivity index (χ0v) is 7.96. The molecule has 0 radical (unpaired) electrons. The van der Waals surface area contributed by atoms with E-state index in [0.29, 0.717) is 19.8 Å². The van der Waals surface area contributed by atoms with Crippen LogP contribution in [0.4, 0.5) is 0 Å². The quantitative estimate of drug-likeness (QED) is 0.353. The summed E-state index contributed by atoms with van der Waals surface area (Å²) in [4.78, 5) is 10.7. The third-order valence-corrected chi connectivity index (χ3v) is 1.20. The van der Waals surface area contributed by atoms with Gasteiger partial charge in [-0.25, -0.2) is 4.79 Å². The van der Waals surface area contributed by atoms with E-state index in [0.717, 1.165) is 0 Å². The fourth-order valence-corrected chi connectivity index (χ4v) is 0.546. The van der Waals surface area contributed by atoms with Crippen LogP contribution in [0.25, 0.3) is 0 Å². The molecule has 0 heterocycles. The first-order chi connectivity index (χ1) is 6.18. The lowest BCUT2D eigenvalue weighted by Gasteiger charge is -2.04. The SMILES string of the molecule is COCCOCCOC(=O)C(C)=N. The van der Waals surface area contributed by atoms with Crippen LogP contribution in [-0.2, 0) is 19.0 Å². The Kier molecular flexibility index (Phi) is 7.14. The van der Waals surface area contributed by atoms with Gasteiger partial charge in [-0.1, -0.05) is 0 Å². The predicted octanol–water partition coefficient (Wildman–Crippen LogP) is 0.232. The maximum absolute atomic E-state index is 10.7. The fourth-order valence-electron chi connectivity index (χ4n) is 0.546. The maximum Gasteiger partial charge on any atom is 0.351 e. The highest BCUT2D eigenvalue weighted by molar-refractivity contribution is 6.33. The van der Waals surface area contributed by atoms with Crippen molar-refractivity contribution < 1.29 is 19.0 Å². The van der Waals surface area contributed by atoms with E-state index in [1.807, 2.05) is 0 Å². The van der Waals surface area contributed by atoms with Gasteiger partial charge in [0, 0.05) is 7.11 Å². The molecule has 0 aromatic heterocycles. The highest BCUT2D eigenvalue weighted by Crippen LogP contribution is 1.82. The molecule has 0 aliphatic carbocycles. The van der Waals surface area contributed by atoms with Gasteiger partial charge in [0.25, 0.3) is 0 Å². The number of methoxy groups -OCH3 is 1. The van der Waals surface area contributed by atoms with E-state index >= 15 is 0 Å². The third-order valence-electron chi connectivity index (χ3n) is 1.20. The molecule has 5 heteroatoms. The second-order valence-electron chi connectivity index (χ2n) is 2.37. The monoisotopic (exact) mass is 189 g/mol. The lowest BCUT2D eigenvalue weighted by molar-refractivity contribution is -0.137. The Balaban J connectivity index is 3.16. The van der Waals surface area contributed by atoms with Crippen molar-refractivity contribution in [1.82, 2.24) is 0 Å². The standard InChI is InChI=1S/C8H15NO4/c1-7(9)8(10)13-6-5-12-4-3-11-2/h9H,3-6H2,1-2H3. The smallest absolute Gasteiger partial charge is 0.351 e. The number of hydrogen-bond acceptors (Lipinski definition) is 5. The molecule has 76 valence electrons. The van der Waals surface area contributed by atoms with Gasteiger partial charge in [-0.15, -0.1) is 0 Å². The highest BCUT2D eigenvalue weighted by atomic mass is 16.6. The van der Waals surface area contributed by atoms with Crippen molar-refractivity contribution in [3.63, 3.8) is 0 Å². The molecule has 5 nitrogen and oxygen atoms in total. The number of hydrogen-bond donors (Lipinski definition) is 1. The molecule has 0 atom stereocenters. The average Bonchev–Trinajstić information content (AvgIpc) is 2.10. The minimum atomic E-state index is -0.602. The van der Waals surface area contributed by atoms with Crippen LogP contribution < -0.4 is 0 Å². The van der Waals surface area contributed by atoms with Gasteiger partial charge in [0.15, 0.2) is 0 Å². The molecule has 0 rings (SSSR count). The number of carbonyl (C=O) groups is 1. The zero-order chi connectivity index (χ0) is 10.1. The molecular formula is C8H15NO4. The number of rotatable bonds is 7. The summed E-state index contributed by atoms with van der Waals surface area (Å²) in [5.74, 6) is -0.602. The molecule has 0 amide bonds. The van der Waals surface area contributed by atoms with Gasteiger partial charge in [0.2, 0.25) is 0 Å². The van der Waals surface area contributed by atoms with Crippen LogP contribution in [0.15, 0.2) is 0 Å². The Hall–Kier alpha value is -0.940. The van der Waals surface area contributed by atoms with Crippen LogP contribution >= 0.6 is 0 Å². The molecule has 0 bridgehead atoms. The molecule has 0 spiro atoms. The zero-order valence-electron chi connectivity index (χ0n) is 7.96. The highest BCUT2D eigenvalue weighted by Gasteiger charge is 2.03. The molecule has 0 unspecified atom stereocenters. The van der Waals surface area contributed by atoms with Gasteiger partial charge in [-0.05, 0) is 6.92 Å². The predicted molar refractivity (Wildman–Crippen MR) is 47.1 cm³/mol. The second-order valence-corrected chi connectivity index (χ2v) is 2.37. The number of carbonyl (C=O) groups excluding carboxylic acids is 1. The van der Waals surface area contributed by atoms with Crippen LogP contribution in [0.1, 0.15) is 6.92 Å². The van der Waals surface area contributed by atoms with Crippen LogP contribution in [0, 0.1) is 5.41 Å². The summed E-state index contributed by atoms with van der Waals surface area (Å²) in [7, 11) is 1.59. The summed E-state index contributed by atoms with van der Waals surface area (Å²) >= 11 is 0. The summed E-state index contributed by atoms with van der Waals surface area (Å²) in [6.45, 7) is 2.91. The van der Waals surface area contributed by atoms with Gasteiger partial charge >= 0.3 is 5.97 Å². The molecule has 0 aliphatic rings. The number of esters is 1. The van der Waals surface area contributed by atoms with E-state index in [-0.39, 0.29) is 12.3 Å². The van der Waals surface area contributed by atoms with E-state index in [1.165, 1.54) is 6.92 Å². The van der Waals surface area contributed by atoms with E-state index in [9.17, 15) is 4.79 Å². The van der Waals surface area contributed by atoms with Gasteiger partial charge in [-0.2, -0.15) is 0 Å². The summed E-state index contributed by atoms with van der Waals surface area (Å²) in [6.07, 6.45) is 0. The molecule has 1 N–H and O–H groups in total. The molecule has 0 aromatic rings. The number of nitrogens with one attached hydrogen (secondary N) is 1. The Morgan fingerprint density at radius 1 is 1.23 bits per heavy atom. The first-order valence-corrected chi connectivity index (χ1v) is 3.97. The minimum Gasteiger partial charge on any atom is -0.459 e. The van der Waals surface area contributed by atoms with Crippen molar-refractivity contribution in [1.29, 1.82) is 5.41 Å². The van der Waals surface area contributed by atoms with Crippen molar-refractivity contribution in [3.05, 3.63) is 0 Å². The molecule has 0 aliphatic heterocycles. The third kappa shape index (κ3) is 7.42. The van der Waals surface area contributed by atoms with Crippen LogP contribution in [0.5, 0.6) is 0 Å². The first kappa shape index (κ1) is 12.1. The lowest BCUT2D eigenvalue weighted by atomic mass is 10.4. The molecule has 0 fully saturated rings. The summed E-state index contributed by atoms with van der Waals surface area (Å²) < 4.78 is 14.4. The van der Waals surface area contributed by atoms with Crippen molar-refractivity contribution in [2.45, 2.75) is 6.92 Å². The summed E-state index contributed by atoms with van der Waals surface area (Å²) in [6, 6.07) is 0. The Morgan fingerprint density at radius 2 is 1.85 bits per heavy atom. The fraction of sp³-hybridized carbons (Fsp3) is 0.750. The summed E-state index contributed by atoms with van der Waals surface area (Å²) in [5, 5.41) is 6.91. The van der Waals surface area contributed by atoms with Crippen molar-refractivity contribution in [3.8, 4) is 0 Å². The minimum absolute atomic E-state index is 0.100. The molecule has 0 aromatic carbocycles. The molecular weight excluding hydrogens is 174 g/mol. The van der Waals surface area contributed by atoms with Crippen LogP contribution in [0.2, 0.25) is 0 Å². The van der Waals surface area contributed by atoms with Crippen molar-refractivity contribution >= 4 is 11.7 Å². The maximum atomic E-state index is 10.7. The Morgan fingerprint density at radius 3 is 2.38 bits per heavy atom. The van der Waals surface area contributed by atoms with E-state index in [1.54, 1.807) is 7.11 Å². The van der Waals surface area contributed by atoms with Gasteiger partial charge in [-0.3, -0.25) is 5.41 Å². The first-order valence-electron chi connectivity index (χ1n) is 3.97. The van der Waals surface area contributed by atoms with Crippen LogP contribution in [-0.4, -0.2) is 45.2 Å². The van der Waals surface area contributed by atoms with E-state index < -0.39 is 5.97 Å². The summed E-state index contributed by atoms with van der Waals surface area (Å²) in [5.41, 5.74) is -0.100. The molecule has 0 saturated heterocycles. The van der Waals surface area contributed by atoms with Crippen molar-refractivity contribution in [2.75, 3.05) is 33.5 Å². The normalized spacial score (nSPS) is 9.69. The Bertz CT molecular complexity index is 170. The van der Waals surface area contributed by atoms with E-state index in [2.05, 4.69) is 4.74 Å². The van der Waals surface area contributed by atoms with Crippen LogP contribution in [0.3, 0.4) is 0 Å². The lowest BCUT2D eigenvalue weighted by Crippen LogP contribution is -2.17. The van der Waals surface area contributed by atoms with Crippen molar-refractivity contribution in [2.24, 2.45) is 0 Å². The largest absolute Gasteiger partial charge is 0.459 e. The van der Waals surface area contributed by atoms with Gasteiger partial charge < -0.3 is 14.2 Å². The van der Waals surface area contributed by atoms with Gasteiger partial charge in [0.05, 0.1) is 19.8 Å².